The molecule has 6 nitrogen and oxygen atoms in total. The van der Waals surface area contributed by atoms with Gasteiger partial charge in [-0.25, -0.2) is 9.29 Å². The molecule has 1 aliphatic heterocycles. The molecule has 1 fully saturated rings. The Morgan fingerprint density at radius 3 is 2.56 bits per heavy atom. The molecule has 1 aromatic heterocycles. The lowest BCUT2D eigenvalue weighted by Crippen LogP contribution is -2.54. The van der Waals surface area contributed by atoms with Gasteiger partial charge in [-0.1, -0.05) is 12.1 Å². The first-order valence-corrected chi connectivity index (χ1v) is 8.87. The normalized spacial score (nSPS) is 16.0. The number of carbonyl (C=O) groups is 2. The lowest BCUT2D eigenvalue weighted by Gasteiger charge is -2.28. The number of rotatable bonds is 5. The van der Waals surface area contributed by atoms with Crippen molar-refractivity contribution in [2.45, 2.75) is 13.8 Å². The summed E-state index contributed by atoms with van der Waals surface area (Å²) < 4.78 is 19.8. The van der Waals surface area contributed by atoms with Gasteiger partial charge >= 0.3 is 0 Å². The maximum Gasteiger partial charge on any atom is 0.270 e. The molecule has 2 amide bonds. The maximum absolute atomic E-state index is 14.1. The Labute approximate surface area is 161 Å². The Bertz CT molecular complexity index is 934. The summed E-state index contributed by atoms with van der Waals surface area (Å²) in [5, 5.41) is 2.25. The summed E-state index contributed by atoms with van der Waals surface area (Å²) in [7, 11) is 0. The molecule has 0 aliphatic carbocycles. The van der Waals surface area contributed by atoms with Gasteiger partial charge in [0, 0.05) is 19.2 Å². The zero-order valence-corrected chi connectivity index (χ0v) is 15.7. The van der Waals surface area contributed by atoms with Crippen LogP contribution in [0.4, 0.5) is 16.0 Å². The van der Waals surface area contributed by atoms with Crippen LogP contribution >= 0.6 is 12.2 Å². The number of hydrogen-bond acceptors (Lipinski definition) is 5. The molecular formula is C19H18FN3O3S. The SMILES string of the molecule is CCN(CC)c1ccc(C=C2C(=O)NC(=S)N(c3ccccc3F)C2=O)o1. The van der Waals surface area contributed by atoms with Crippen molar-refractivity contribution in [2.24, 2.45) is 0 Å². The Morgan fingerprint density at radius 1 is 1.19 bits per heavy atom. The number of hydrogen-bond donors (Lipinski definition) is 1. The van der Waals surface area contributed by atoms with Crippen LogP contribution in [0, 0.1) is 5.82 Å². The molecule has 1 aliphatic rings. The quantitative estimate of drug-likeness (QED) is 0.485. The molecule has 1 aromatic carbocycles. The average molecular weight is 387 g/mol. The van der Waals surface area contributed by atoms with Gasteiger partial charge < -0.3 is 9.32 Å². The van der Waals surface area contributed by atoms with Gasteiger partial charge in [-0.15, -0.1) is 0 Å². The fourth-order valence-electron chi connectivity index (χ4n) is 2.78. The zero-order valence-electron chi connectivity index (χ0n) is 14.9. The summed E-state index contributed by atoms with van der Waals surface area (Å²) in [5.74, 6) is -1.01. The van der Waals surface area contributed by atoms with Crippen molar-refractivity contribution in [2.75, 3.05) is 22.9 Å². The van der Waals surface area contributed by atoms with Crippen LogP contribution in [0.3, 0.4) is 0 Å². The minimum atomic E-state index is -0.713. The van der Waals surface area contributed by atoms with E-state index in [1.807, 2.05) is 18.7 Å². The van der Waals surface area contributed by atoms with E-state index in [9.17, 15) is 14.0 Å². The second-order valence-corrected chi connectivity index (χ2v) is 6.14. The van der Waals surface area contributed by atoms with Crippen LogP contribution in [0.15, 0.2) is 46.4 Å². The van der Waals surface area contributed by atoms with Gasteiger partial charge in [0.1, 0.15) is 17.2 Å². The van der Waals surface area contributed by atoms with Gasteiger partial charge in [-0.2, -0.15) is 0 Å². The number of nitrogens with one attached hydrogen (secondary N) is 1. The minimum absolute atomic E-state index is 0.0262. The molecule has 3 rings (SSSR count). The van der Waals surface area contributed by atoms with Gasteiger partial charge in [-0.3, -0.25) is 14.9 Å². The number of amides is 2. The van der Waals surface area contributed by atoms with Crippen LogP contribution < -0.4 is 15.1 Å². The van der Waals surface area contributed by atoms with Gasteiger partial charge in [-0.05, 0) is 50.3 Å². The molecule has 0 radical (unpaired) electrons. The van der Waals surface area contributed by atoms with Crippen molar-refractivity contribution >= 4 is 46.8 Å². The average Bonchev–Trinajstić information content (AvgIpc) is 3.09. The summed E-state index contributed by atoms with van der Waals surface area (Å²) in [6, 6.07) is 9.15. The fraction of sp³-hybridized carbons (Fsp3) is 0.211. The van der Waals surface area contributed by atoms with Crippen LogP contribution in [0.25, 0.3) is 6.08 Å². The van der Waals surface area contributed by atoms with E-state index in [-0.39, 0.29) is 16.4 Å². The molecule has 2 aromatic rings. The second-order valence-electron chi connectivity index (χ2n) is 5.76. The van der Waals surface area contributed by atoms with Crippen molar-refractivity contribution in [3.63, 3.8) is 0 Å². The number of halogens is 1. The van der Waals surface area contributed by atoms with Gasteiger partial charge in [0.05, 0.1) is 5.69 Å². The monoisotopic (exact) mass is 387 g/mol. The number of thiocarbonyl (C=S) groups is 1. The molecule has 0 spiro atoms. The van der Waals surface area contributed by atoms with Crippen molar-refractivity contribution in [3.05, 3.63) is 53.5 Å². The molecule has 0 saturated carbocycles. The summed E-state index contributed by atoms with van der Waals surface area (Å²) in [6.07, 6.45) is 1.33. The molecule has 2 heterocycles. The molecule has 1 N–H and O–H groups in total. The predicted molar refractivity (Wildman–Crippen MR) is 105 cm³/mol. The maximum atomic E-state index is 14.1. The highest BCUT2D eigenvalue weighted by molar-refractivity contribution is 7.80. The number of furan rings is 1. The van der Waals surface area contributed by atoms with Gasteiger partial charge in [0.15, 0.2) is 11.0 Å². The second kappa shape index (κ2) is 7.71. The lowest BCUT2D eigenvalue weighted by atomic mass is 10.1. The van der Waals surface area contributed by atoms with E-state index in [2.05, 4.69) is 5.32 Å². The standard InChI is InChI=1S/C19H18FN3O3S/c1-3-22(4-2)16-10-9-12(26-16)11-13-17(24)21-19(27)23(18(13)25)15-8-6-5-7-14(15)20/h5-11H,3-4H2,1-2H3,(H,21,24,27). The first kappa shape index (κ1) is 18.8. The van der Waals surface area contributed by atoms with E-state index in [1.165, 1.54) is 24.3 Å². The van der Waals surface area contributed by atoms with E-state index in [0.717, 1.165) is 18.0 Å². The van der Waals surface area contributed by atoms with Crippen molar-refractivity contribution in [1.29, 1.82) is 0 Å². The van der Waals surface area contributed by atoms with Crippen LogP contribution in [0.2, 0.25) is 0 Å². The van der Waals surface area contributed by atoms with Crippen molar-refractivity contribution in [1.82, 2.24) is 5.32 Å². The van der Waals surface area contributed by atoms with E-state index >= 15 is 0 Å². The predicted octanol–water partition coefficient (Wildman–Crippen LogP) is 3.10. The number of carbonyl (C=O) groups excluding carboxylic acids is 2. The first-order chi connectivity index (χ1) is 13.0. The highest BCUT2D eigenvalue weighted by atomic mass is 32.1. The third kappa shape index (κ3) is 3.61. The van der Waals surface area contributed by atoms with Crippen LogP contribution in [-0.4, -0.2) is 30.0 Å². The zero-order chi connectivity index (χ0) is 19.6. The third-order valence-corrected chi connectivity index (χ3v) is 4.45. The summed E-state index contributed by atoms with van der Waals surface area (Å²) in [4.78, 5) is 28.1. The highest BCUT2D eigenvalue weighted by Gasteiger charge is 2.35. The van der Waals surface area contributed by atoms with Crippen molar-refractivity contribution < 1.29 is 18.4 Å². The Kier molecular flexibility index (Phi) is 5.36. The van der Waals surface area contributed by atoms with Crippen LogP contribution in [-0.2, 0) is 9.59 Å². The molecule has 8 heteroatoms. The molecule has 0 bridgehead atoms. The smallest absolute Gasteiger partial charge is 0.270 e. The lowest BCUT2D eigenvalue weighted by molar-refractivity contribution is -0.122. The molecule has 1 saturated heterocycles. The minimum Gasteiger partial charge on any atom is -0.441 e. The van der Waals surface area contributed by atoms with E-state index in [1.54, 1.807) is 18.2 Å². The summed E-state index contributed by atoms with van der Waals surface area (Å²) >= 11 is 5.06. The van der Waals surface area contributed by atoms with Crippen LogP contribution in [0.1, 0.15) is 19.6 Å². The number of para-hydroxylation sites is 1. The Morgan fingerprint density at radius 2 is 1.89 bits per heavy atom. The number of anilines is 2. The molecule has 27 heavy (non-hydrogen) atoms. The highest BCUT2D eigenvalue weighted by Crippen LogP contribution is 2.26. The summed E-state index contributed by atoms with van der Waals surface area (Å²) in [6.45, 7) is 5.51. The largest absolute Gasteiger partial charge is 0.441 e. The summed E-state index contributed by atoms with van der Waals surface area (Å²) in [5.41, 5.74) is -0.214. The van der Waals surface area contributed by atoms with E-state index < -0.39 is 17.6 Å². The van der Waals surface area contributed by atoms with Gasteiger partial charge in [0.2, 0.25) is 0 Å². The Balaban J connectivity index is 1.96. The topological polar surface area (TPSA) is 65.8 Å². The van der Waals surface area contributed by atoms with E-state index in [0.29, 0.717) is 11.6 Å². The van der Waals surface area contributed by atoms with Crippen LogP contribution in [0.5, 0.6) is 0 Å². The van der Waals surface area contributed by atoms with Crippen molar-refractivity contribution in [3.8, 4) is 0 Å². The third-order valence-electron chi connectivity index (χ3n) is 4.17. The fourth-order valence-corrected chi connectivity index (χ4v) is 3.05. The molecule has 140 valence electrons. The van der Waals surface area contributed by atoms with E-state index in [4.69, 9.17) is 16.6 Å². The molecule has 0 unspecified atom stereocenters. The molecule has 0 atom stereocenters. The molecular weight excluding hydrogens is 369 g/mol. The Hall–Kier alpha value is -3.00. The number of nitrogens with zero attached hydrogens (tertiary/aromatic N) is 2. The van der Waals surface area contributed by atoms with Gasteiger partial charge in [0.25, 0.3) is 11.8 Å². The number of benzene rings is 1. The first-order valence-electron chi connectivity index (χ1n) is 8.47.